The third kappa shape index (κ3) is 4.93. The van der Waals surface area contributed by atoms with Crippen LogP contribution in [0.15, 0.2) is 42.5 Å². The molecule has 2 rings (SSSR count). The van der Waals surface area contributed by atoms with Crippen molar-refractivity contribution < 1.29 is 34.6 Å². The Kier molecular flexibility index (Phi) is 6.10. The van der Waals surface area contributed by atoms with Crippen molar-refractivity contribution in [2.75, 3.05) is 13.7 Å². The van der Waals surface area contributed by atoms with Gasteiger partial charge in [0, 0.05) is 0 Å². The molecule has 0 unspecified atom stereocenters. The molecule has 0 aliphatic carbocycles. The van der Waals surface area contributed by atoms with Gasteiger partial charge in [-0.2, -0.15) is 0 Å². The summed E-state index contributed by atoms with van der Waals surface area (Å²) in [5, 5.41) is 26.0. The van der Waals surface area contributed by atoms with Crippen LogP contribution in [0.1, 0.15) is 15.9 Å². The van der Waals surface area contributed by atoms with Gasteiger partial charge in [-0.1, -0.05) is 12.1 Å². The molecule has 0 aliphatic rings. The fourth-order valence-electron chi connectivity index (χ4n) is 1.94. The molecule has 0 saturated carbocycles. The van der Waals surface area contributed by atoms with Gasteiger partial charge in [-0.3, -0.25) is 15.3 Å². The highest BCUT2D eigenvalue weighted by atomic mass is 17.1. The topological polar surface area (TPSA) is 109 Å². The van der Waals surface area contributed by atoms with Gasteiger partial charge in [0.05, 0.1) is 24.7 Å². The highest BCUT2D eigenvalue weighted by molar-refractivity contribution is 5.91. The van der Waals surface area contributed by atoms with E-state index in [4.69, 9.17) is 19.9 Å². The van der Waals surface area contributed by atoms with Crippen molar-refractivity contribution in [3.63, 3.8) is 0 Å². The number of carbonyl (C=O) groups excluding carboxylic acids is 1. The van der Waals surface area contributed by atoms with E-state index in [1.165, 1.54) is 25.3 Å². The maximum absolute atomic E-state index is 12.1. The largest absolute Gasteiger partial charge is 0.504 e. The van der Waals surface area contributed by atoms with Gasteiger partial charge in [-0.25, -0.2) is 4.79 Å². The molecule has 0 saturated heterocycles. The molecule has 0 aromatic heterocycles. The minimum Gasteiger partial charge on any atom is -0.504 e. The second-order valence-corrected chi connectivity index (χ2v) is 4.76. The Morgan fingerprint density at radius 2 is 1.83 bits per heavy atom. The van der Waals surface area contributed by atoms with E-state index in [0.717, 1.165) is 5.56 Å². The molecule has 0 bridgehead atoms. The van der Waals surface area contributed by atoms with E-state index in [-0.39, 0.29) is 29.1 Å². The van der Waals surface area contributed by atoms with Crippen molar-refractivity contribution in [1.29, 1.82) is 0 Å². The molecular formula is C16H17NO7. The summed E-state index contributed by atoms with van der Waals surface area (Å²) in [4.78, 5) is 16.5. The number of carbonyl (C=O) groups is 1. The van der Waals surface area contributed by atoms with Crippen LogP contribution in [0.3, 0.4) is 0 Å². The molecule has 8 heteroatoms. The molecule has 0 amide bonds. The summed E-state index contributed by atoms with van der Waals surface area (Å²) in [6.07, 6.45) is 0.445. The Balaban J connectivity index is 1.96. The number of phenols is 1. The van der Waals surface area contributed by atoms with Gasteiger partial charge in [-0.15, -0.1) is 0 Å². The lowest BCUT2D eigenvalue weighted by molar-refractivity contribution is -0.492. The van der Waals surface area contributed by atoms with E-state index in [0.29, 0.717) is 12.2 Å². The number of benzene rings is 2. The lowest BCUT2D eigenvalue weighted by Gasteiger charge is -2.08. The zero-order valence-corrected chi connectivity index (χ0v) is 12.9. The number of phenolic OH excluding ortho intramolecular Hbond substituents is 1. The summed E-state index contributed by atoms with van der Waals surface area (Å²) in [6, 6.07) is 10.8. The minimum atomic E-state index is -0.583. The molecule has 0 spiro atoms. The van der Waals surface area contributed by atoms with Crippen LogP contribution in [0.5, 0.6) is 17.2 Å². The zero-order valence-electron chi connectivity index (χ0n) is 12.9. The molecule has 0 atom stereocenters. The summed E-state index contributed by atoms with van der Waals surface area (Å²) < 4.78 is 10.2. The number of hydrogen-bond acceptors (Lipinski definition) is 8. The van der Waals surface area contributed by atoms with Gasteiger partial charge in [0.2, 0.25) is 0 Å². The van der Waals surface area contributed by atoms with Crippen LogP contribution in [-0.2, 0) is 11.3 Å². The quantitative estimate of drug-likeness (QED) is 0.401. The van der Waals surface area contributed by atoms with E-state index in [1.807, 2.05) is 0 Å². The van der Waals surface area contributed by atoms with Crippen LogP contribution in [-0.4, -0.2) is 40.6 Å². The van der Waals surface area contributed by atoms with Gasteiger partial charge in [0.1, 0.15) is 5.75 Å². The van der Waals surface area contributed by atoms with Crippen LogP contribution < -0.4 is 9.47 Å². The minimum absolute atomic E-state index is 0.0649. The number of methoxy groups -OCH3 is 1. The molecule has 8 nitrogen and oxygen atoms in total. The molecule has 24 heavy (non-hydrogen) atoms. The first-order chi connectivity index (χ1) is 11.5. The zero-order chi connectivity index (χ0) is 17.5. The fraction of sp³-hybridized carbons (Fsp3) is 0.188. The van der Waals surface area contributed by atoms with Crippen molar-refractivity contribution >= 4 is 5.97 Å². The molecular weight excluding hydrogens is 318 g/mol. The Hall–Kier alpha value is -2.65. The maximum atomic E-state index is 12.1. The average molecular weight is 335 g/mol. The highest BCUT2D eigenvalue weighted by Gasteiger charge is 2.12. The number of esters is 1. The summed E-state index contributed by atoms with van der Waals surface area (Å²) in [6.45, 7) is 0.0828. The van der Waals surface area contributed by atoms with Gasteiger partial charge in [0.25, 0.3) is 0 Å². The monoisotopic (exact) mass is 335 g/mol. The van der Waals surface area contributed by atoms with E-state index in [2.05, 4.69) is 4.84 Å². The number of nitrogens with zero attached hydrogens (tertiary/aromatic N) is 1. The van der Waals surface area contributed by atoms with Crippen molar-refractivity contribution in [2.45, 2.75) is 6.42 Å². The van der Waals surface area contributed by atoms with Crippen molar-refractivity contribution in [1.82, 2.24) is 5.39 Å². The normalized spacial score (nSPS) is 10.7. The molecule has 2 aromatic rings. The van der Waals surface area contributed by atoms with Crippen LogP contribution in [0.2, 0.25) is 0 Å². The summed E-state index contributed by atoms with van der Waals surface area (Å²) in [5.74, 6) is -0.116. The molecule has 128 valence electrons. The predicted molar refractivity (Wildman–Crippen MR) is 81.1 cm³/mol. The molecule has 0 heterocycles. The van der Waals surface area contributed by atoms with Crippen molar-refractivity contribution in [3.8, 4) is 17.2 Å². The molecule has 0 radical (unpaired) electrons. The molecule has 3 N–H and O–H groups in total. The van der Waals surface area contributed by atoms with E-state index >= 15 is 0 Å². The van der Waals surface area contributed by atoms with Gasteiger partial charge < -0.3 is 14.6 Å². The number of ether oxygens (including phenoxy) is 2. The standard InChI is InChI=1S/C16H17NO7/c1-22-15-10-12(4-7-14(15)18)16(19)24-13-5-2-11(3-6-13)8-9-23-17(20)21/h2-7,10,18,20-21H,8-9H2,1H3. The maximum Gasteiger partial charge on any atom is 0.343 e. The van der Waals surface area contributed by atoms with E-state index in [9.17, 15) is 9.90 Å². The lowest BCUT2D eigenvalue weighted by Crippen LogP contribution is -2.16. The molecule has 2 aromatic carbocycles. The first kappa shape index (κ1) is 17.7. The third-order valence-electron chi connectivity index (χ3n) is 3.15. The van der Waals surface area contributed by atoms with E-state index in [1.54, 1.807) is 24.3 Å². The summed E-state index contributed by atoms with van der Waals surface area (Å²) in [5.41, 5.74) is 1.11. The second kappa shape index (κ2) is 8.27. The Labute approximate surface area is 137 Å². The first-order valence-corrected chi connectivity index (χ1v) is 6.98. The lowest BCUT2D eigenvalue weighted by atomic mass is 10.1. The Morgan fingerprint density at radius 1 is 1.12 bits per heavy atom. The SMILES string of the molecule is COc1cc(C(=O)Oc2ccc(CCON(O)O)cc2)ccc1O. The Morgan fingerprint density at radius 3 is 2.46 bits per heavy atom. The van der Waals surface area contributed by atoms with Gasteiger partial charge in [-0.05, 0) is 42.3 Å². The number of aromatic hydroxyl groups is 1. The van der Waals surface area contributed by atoms with Gasteiger partial charge >= 0.3 is 5.97 Å². The van der Waals surface area contributed by atoms with Crippen LogP contribution in [0.4, 0.5) is 0 Å². The van der Waals surface area contributed by atoms with Gasteiger partial charge in [0.15, 0.2) is 11.5 Å². The smallest absolute Gasteiger partial charge is 0.343 e. The molecule has 0 aliphatic heterocycles. The summed E-state index contributed by atoms with van der Waals surface area (Å²) in [7, 11) is 1.39. The Bertz CT molecular complexity index is 685. The second-order valence-electron chi connectivity index (χ2n) is 4.76. The molecule has 0 fully saturated rings. The average Bonchev–Trinajstić information content (AvgIpc) is 2.56. The van der Waals surface area contributed by atoms with E-state index < -0.39 is 5.97 Å². The summed E-state index contributed by atoms with van der Waals surface area (Å²) >= 11 is 0. The van der Waals surface area contributed by atoms with Crippen LogP contribution in [0.25, 0.3) is 0 Å². The van der Waals surface area contributed by atoms with Crippen molar-refractivity contribution in [2.24, 2.45) is 0 Å². The van der Waals surface area contributed by atoms with Crippen LogP contribution in [0, 0.1) is 0 Å². The van der Waals surface area contributed by atoms with Crippen molar-refractivity contribution in [3.05, 3.63) is 53.6 Å². The predicted octanol–water partition coefficient (Wildman–Crippen LogP) is 2.17. The van der Waals surface area contributed by atoms with Crippen LogP contribution >= 0.6 is 0 Å². The fourth-order valence-corrected chi connectivity index (χ4v) is 1.94. The number of hydrogen-bond donors (Lipinski definition) is 3. The first-order valence-electron chi connectivity index (χ1n) is 6.98. The third-order valence-corrected chi connectivity index (χ3v) is 3.15. The number of rotatable bonds is 7. The highest BCUT2D eigenvalue weighted by Crippen LogP contribution is 2.27.